The zero-order valence-corrected chi connectivity index (χ0v) is 12.3. The number of carbonyl (C=O) groups is 1. The molecule has 0 amide bonds. The standard InChI is InChI=1S/C17H19NO3/c1-13-9-10-16(14(2)19)17(20)18(13)11-6-12-21-15-7-4-3-5-8-15/h3-5,7-10H,6,11-12H2,1-2H3. The fraction of sp³-hybridized carbons (Fsp3) is 0.294. The fourth-order valence-corrected chi connectivity index (χ4v) is 2.15. The van der Waals surface area contributed by atoms with Crippen LogP contribution in [-0.4, -0.2) is 17.0 Å². The van der Waals surface area contributed by atoms with Crippen LogP contribution < -0.4 is 10.3 Å². The summed E-state index contributed by atoms with van der Waals surface area (Å²) in [5, 5.41) is 0. The number of hydrogen-bond donors (Lipinski definition) is 0. The molecule has 0 N–H and O–H groups in total. The maximum atomic E-state index is 12.2. The molecule has 21 heavy (non-hydrogen) atoms. The molecule has 0 aliphatic rings. The molecule has 4 heteroatoms. The molecule has 0 saturated heterocycles. The van der Waals surface area contributed by atoms with Gasteiger partial charge in [-0.25, -0.2) is 0 Å². The van der Waals surface area contributed by atoms with Crippen molar-refractivity contribution in [2.75, 3.05) is 6.61 Å². The maximum Gasteiger partial charge on any atom is 0.261 e. The van der Waals surface area contributed by atoms with Gasteiger partial charge in [-0.05, 0) is 44.5 Å². The Balaban J connectivity index is 1.99. The highest BCUT2D eigenvalue weighted by atomic mass is 16.5. The van der Waals surface area contributed by atoms with Crippen LogP contribution in [0.4, 0.5) is 0 Å². The predicted molar refractivity (Wildman–Crippen MR) is 82.0 cm³/mol. The van der Waals surface area contributed by atoms with Gasteiger partial charge in [0.2, 0.25) is 0 Å². The summed E-state index contributed by atoms with van der Waals surface area (Å²) in [6.07, 6.45) is 0.705. The first-order valence-electron chi connectivity index (χ1n) is 6.99. The van der Waals surface area contributed by atoms with Crippen molar-refractivity contribution in [1.29, 1.82) is 0 Å². The molecular weight excluding hydrogens is 266 g/mol. The van der Waals surface area contributed by atoms with Gasteiger partial charge in [-0.3, -0.25) is 9.59 Å². The first-order chi connectivity index (χ1) is 10.1. The molecule has 110 valence electrons. The number of carbonyl (C=O) groups excluding carboxylic acids is 1. The van der Waals surface area contributed by atoms with Crippen LogP contribution in [0, 0.1) is 6.92 Å². The Bertz CT molecular complexity index is 674. The van der Waals surface area contributed by atoms with E-state index in [0.29, 0.717) is 19.6 Å². The molecular formula is C17H19NO3. The molecule has 1 heterocycles. The number of hydrogen-bond acceptors (Lipinski definition) is 3. The van der Waals surface area contributed by atoms with Crippen LogP contribution in [0.3, 0.4) is 0 Å². The second-order valence-electron chi connectivity index (χ2n) is 4.92. The van der Waals surface area contributed by atoms with Crippen LogP contribution in [0.1, 0.15) is 29.4 Å². The van der Waals surface area contributed by atoms with Gasteiger partial charge in [-0.2, -0.15) is 0 Å². The summed E-state index contributed by atoms with van der Waals surface area (Å²) in [6.45, 7) is 4.34. The molecule has 2 rings (SSSR count). The molecule has 0 fully saturated rings. The molecule has 0 saturated carbocycles. The van der Waals surface area contributed by atoms with Crippen LogP contribution in [-0.2, 0) is 6.54 Å². The lowest BCUT2D eigenvalue weighted by Gasteiger charge is -2.11. The van der Waals surface area contributed by atoms with Crippen molar-refractivity contribution in [3.05, 3.63) is 64.1 Å². The van der Waals surface area contributed by atoms with Gasteiger partial charge in [0, 0.05) is 12.2 Å². The van der Waals surface area contributed by atoms with Gasteiger partial charge in [0.15, 0.2) is 5.78 Å². The zero-order valence-electron chi connectivity index (χ0n) is 12.3. The van der Waals surface area contributed by atoms with E-state index in [9.17, 15) is 9.59 Å². The number of rotatable bonds is 6. The van der Waals surface area contributed by atoms with Gasteiger partial charge in [-0.1, -0.05) is 18.2 Å². The Morgan fingerprint density at radius 2 is 1.86 bits per heavy atom. The predicted octanol–water partition coefficient (Wildman–Crippen LogP) is 2.83. The molecule has 1 aromatic heterocycles. The number of para-hydroxylation sites is 1. The lowest BCUT2D eigenvalue weighted by atomic mass is 10.2. The SMILES string of the molecule is CC(=O)c1ccc(C)n(CCCOc2ccccc2)c1=O. The number of aryl methyl sites for hydroxylation is 1. The van der Waals surface area contributed by atoms with Crippen molar-refractivity contribution in [1.82, 2.24) is 4.57 Å². The minimum absolute atomic E-state index is 0.200. The summed E-state index contributed by atoms with van der Waals surface area (Å²) in [5.41, 5.74) is 0.872. The Morgan fingerprint density at radius 1 is 1.14 bits per heavy atom. The van der Waals surface area contributed by atoms with E-state index >= 15 is 0 Å². The number of nitrogens with zero attached hydrogens (tertiary/aromatic N) is 1. The minimum atomic E-state index is -0.220. The highest BCUT2D eigenvalue weighted by molar-refractivity contribution is 5.93. The van der Waals surface area contributed by atoms with Crippen molar-refractivity contribution in [3.8, 4) is 5.75 Å². The van der Waals surface area contributed by atoms with Crippen molar-refractivity contribution in [3.63, 3.8) is 0 Å². The number of Topliss-reactive ketones (excluding diaryl/α,β-unsaturated/α-hetero) is 1. The number of ketones is 1. The molecule has 0 radical (unpaired) electrons. The van der Waals surface area contributed by atoms with E-state index < -0.39 is 0 Å². The van der Waals surface area contributed by atoms with Crippen molar-refractivity contribution in [2.24, 2.45) is 0 Å². The van der Waals surface area contributed by atoms with Gasteiger partial charge in [-0.15, -0.1) is 0 Å². The number of aromatic nitrogens is 1. The molecule has 1 aromatic carbocycles. The van der Waals surface area contributed by atoms with E-state index in [2.05, 4.69) is 0 Å². The highest BCUT2D eigenvalue weighted by Crippen LogP contribution is 2.09. The van der Waals surface area contributed by atoms with Crippen LogP contribution in [0.5, 0.6) is 5.75 Å². The average Bonchev–Trinajstić information content (AvgIpc) is 2.47. The van der Waals surface area contributed by atoms with Crippen molar-refractivity contribution < 1.29 is 9.53 Å². The summed E-state index contributed by atoms with van der Waals surface area (Å²) < 4.78 is 7.23. The lowest BCUT2D eigenvalue weighted by Crippen LogP contribution is -2.27. The average molecular weight is 285 g/mol. The Hall–Kier alpha value is -2.36. The van der Waals surface area contributed by atoms with Gasteiger partial charge < -0.3 is 9.30 Å². The van der Waals surface area contributed by atoms with E-state index in [4.69, 9.17) is 4.74 Å². The third kappa shape index (κ3) is 3.81. The van der Waals surface area contributed by atoms with E-state index in [0.717, 1.165) is 11.4 Å². The largest absolute Gasteiger partial charge is 0.494 e. The van der Waals surface area contributed by atoms with Gasteiger partial charge in [0.25, 0.3) is 5.56 Å². The smallest absolute Gasteiger partial charge is 0.261 e. The van der Waals surface area contributed by atoms with E-state index in [-0.39, 0.29) is 16.9 Å². The van der Waals surface area contributed by atoms with E-state index in [1.54, 1.807) is 16.7 Å². The highest BCUT2D eigenvalue weighted by Gasteiger charge is 2.09. The summed E-state index contributed by atoms with van der Waals surface area (Å²) in [5.74, 6) is 0.619. The van der Waals surface area contributed by atoms with Crippen molar-refractivity contribution in [2.45, 2.75) is 26.8 Å². The van der Waals surface area contributed by atoms with Crippen LogP contribution in [0.2, 0.25) is 0 Å². The first kappa shape index (κ1) is 15.0. The fourth-order valence-electron chi connectivity index (χ4n) is 2.15. The summed E-state index contributed by atoms with van der Waals surface area (Å²) >= 11 is 0. The first-order valence-corrected chi connectivity index (χ1v) is 6.99. The quantitative estimate of drug-likeness (QED) is 0.605. The van der Waals surface area contributed by atoms with Gasteiger partial charge >= 0.3 is 0 Å². The monoisotopic (exact) mass is 285 g/mol. The molecule has 0 aliphatic heterocycles. The molecule has 0 spiro atoms. The van der Waals surface area contributed by atoms with Crippen molar-refractivity contribution >= 4 is 5.78 Å². The second kappa shape index (κ2) is 6.88. The lowest BCUT2D eigenvalue weighted by molar-refractivity contribution is 0.101. The van der Waals surface area contributed by atoms with Crippen LogP contribution in [0.25, 0.3) is 0 Å². The van der Waals surface area contributed by atoms with Gasteiger partial charge in [0.05, 0.1) is 12.2 Å². The van der Waals surface area contributed by atoms with Crippen LogP contribution >= 0.6 is 0 Å². The molecule has 2 aromatic rings. The Labute approximate surface area is 124 Å². The summed E-state index contributed by atoms with van der Waals surface area (Å²) in [4.78, 5) is 23.6. The third-order valence-electron chi connectivity index (χ3n) is 3.31. The zero-order chi connectivity index (χ0) is 15.2. The normalized spacial score (nSPS) is 10.4. The Morgan fingerprint density at radius 3 is 2.52 bits per heavy atom. The van der Waals surface area contributed by atoms with E-state index in [1.807, 2.05) is 37.3 Å². The minimum Gasteiger partial charge on any atom is -0.494 e. The molecule has 4 nitrogen and oxygen atoms in total. The summed E-state index contributed by atoms with van der Waals surface area (Å²) in [6, 6.07) is 13.0. The third-order valence-corrected chi connectivity index (χ3v) is 3.31. The Kier molecular flexibility index (Phi) is 4.93. The topological polar surface area (TPSA) is 48.3 Å². The van der Waals surface area contributed by atoms with Crippen LogP contribution in [0.15, 0.2) is 47.3 Å². The number of ether oxygens (including phenoxy) is 1. The molecule has 0 aliphatic carbocycles. The second-order valence-corrected chi connectivity index (χ2v) is 4.92. The summed E-state index contributed by atoms with van der Waals surface area (Å²) in [7, 11) is 0. The molecule has 0 atom stereocenters. The molecule has 0 unspecified atom stereocenters. The number of pyridine rings is 1. The van der Waals surface area contributed by atoms with Gasteiger partial charge in [0.1, 0.15) is 5.75 Å². The number of benzene rings is 1. The molecule has 0 bridgehead atoms. The maximum absolute atomic E-state index is 12.2. The van der Waals surface area contributed by atoms with E-state index in [1.165, 1.54) is 6.92 Å².